The predicted molar refractivity (Wildman–Crippen MR) is 101 cm³/mol. The van der Waals surface area contributed by atoms with E-state index in [1.165, 1.54) is 5.56 Å². The van der Waals surface area contributed by atoms with Crippen molar-refractivity contribution in [3.63, 3.8) is 0 Å². The molecule has 1 aliphatic rings. The quantitative estimate of drug-likeness (QED) is 0.802. The second kappa shape index (κ2) is 8.21. The van der Waals surface area contributed by atoms with Crippen LogP contribution in [0.5, 0.6) is 0 Å². The number of halogens is 3. The molecule has 24 heavy (non-hydrogen) atoms. The van der Waals surface area contributed by atoms with Gasteiger partial charge in [0.15, 0.2) is 0 Å². The van der Waals surface area contributed by atoms with Gasteiger partial charge in [-0.1, -0.05) is 53.0 Å². The van der Waals surface area contributed by atoms with E-state index in [4.69, 9.17) is 34.8 Å². The maximum Gasteiger partial charge on any atom is 0.103 e. The lowest BCUT2D eigenvalue weighted by Crippen LogP contribution is -3.13. The van der Waals surface area contributed by atoms with E-state index in [0.717, 1.165) is 43.3 Å². The molecular formula is C18H19Cl3N3+. The molecule has 1 saturated heterocycles. The molecule has 2 aromatic carbocycles. The Labute approximate surface area is 157 Å². The first-order valence-corrected chi connectivity index (χ1v) is 9.05. The summed E-state index contributed by atoms with van der Waals surface area (Å²) in [4.78, 5) is 1.57. The lowest BCUT2D eigenvalue weighted by atomic mass is 10.2. The smallest absolute Gasteiger partial charge is 0.103 e. The molecule has 1 aliphatic heterocycles. The van der Waals surface area contributed by atoms with Gasteiger partial charge in [0.25, 0.3) is 0 Å². The Morgan fingerprint density at radius 3 is 2.33 bits per heavy atom. The SMILES string of the molecule is Clc1ccc(C[NH+]2CCN(/N=C\c3ccc(Cl)c(Cl)c3)CC2)cc1. The highest BCUT2D eigenvalue weighted by molar-refractivity contribution is 6.42. The van der Waals surface area contributed by atoms with Gasteiger partial charge in [-0.2, -0.15) is 5.10 Å². The van der Waals surface area contributed by atoms with Crippen molar-refractivity contribution >= 4 is 41.0 Å². The van der Waals surface area contributed by atoms with E-state index < -0.39 is 0 Å². The fraction of sp³-hybridized carbons (Fsp3) is 0.278. The highest BCUT2D eigenvalue weighted by atomic mass is 35.5. The van der Waals surface area contributed by atoms with Crippen LogP contribution in [-0.4, -0.2) is 37.4 Å². The molecule has 0 aliphatic carbocycles. The van der Waals surface area contributed by atoms with Gasteiger partial charge in [0.05, 0.1) is 42.4 Å². The van der Waals surface area contributed by atoms with Crippen molar-refractivity contribution in [1.29, 1.82) is 0 Å². The van der Waals surface area contributed by atoms with Gasteiger partial charge >= 0.3 is 0 Å². The van der Waals surface area contributed by atoms with Crippen molar-refractivity contribution < 1.29 is 4.90 Å². The number of benzene rings is 2. The van der Waals surface area contributed by atoms with Crippen LogP contribution >= 0.6 is 34.8 Å². The highest BCUT2D eigenvalue weighted by Gasteiger charge is 2.18. The fourth-order valence-electron chi connectivity index (χ4n) is 2.74. The van der Waals surface area contributed by atoms with E-state index in [0.29, 0.717) is 10.0 Å². The van der Waals surface area contributed by atoms with E-state index in [2.05, 4.69) is 22.2 Å². The van der Waals surface area contributed by atoms with Crippen LogP contribution < -0.4 is 4.90 Å². The van der Waals surface area contributed by atoms with Crippen molar-refractivity contribution in [2.75, 3.05) is 26.2 Å². The second-order valence-corrected chi connectivity index (χ2v) is 7.18. The van der Waals surface area contributed by atoms with Crippen LogP contribution in [0.1, 0.15) is 11.1 Å². The third kappa shape index (κ3) is 4.87. The van der Waals surface area contributed by atoms with Crippen molar-refractivity contribution in [1.82, 2.24) is 5.01 Å². The van der Waals surface area contributed by atoms with E-state index in [-0.39, 0.29) is 0 Å². The molecule has 6 heteroatoms. The second-order valence-electron chi connectivity index (χ2n) is 5.93. The Bertz CT molecular complexity index is 708. The van der Waals surface area contributed by atoms with Crippen LogP contribution in [0.4, 0.5) is 0 Å². The van der Waals surface area contributed by atoms with Crippen LogP contribution in [0.3, 0.4) is 0 Å². The molecule has 0 bridgehead atoms. The Morgan fingerprint density at radius 1 is 0.958 bits per heavy atom. The van der Waals surface area contributed by atoms with E-state index in [9.17, 15) is 0 Å². The minimum absolute atomic E-state index is 0.554. The zero-order chi connectivity index (χ0) is 16.9. The van der Waals surface area contributed by atoms with Crippen LogP contribution in [0.2, 0.25) is 15.1 Å². The number of rotatable bonds is 4. The molecule has 0 aromatic heterocycles. The average Bonchev–Trinajstić information content (AvgIpc) is 2.59. The summed E-state index contributed by atoms with van der Waals surface area (Å²) in [5.41, 5.74) is 2.28. The summed E-state index contributed by atoms with van der Waals surface area (Å²) in [7, 11) is 0. The zero-order valence-electron chi connectivity index (χ0n) is 13.2. The van der Waals surface area contributed by atoms with Gasteiger partial charge in [0.1, 0.15) is 6.54 Å². The summed E-state index contributed by atoms with van der Waals surface area (Å²) >= 11 is 17.9. The molecule has 0 amide bonds. The monoisotopic (exact) mass is 382 g/mol. The average molecular weight is 384 g/mol. The highest BCUT2D eigenvalue weighted by Crippen LogP contribution is 2.21. The molecule has 0 saturated carbocycles. The zero-order valence-corrected chi connectivity index (χ0v) is 15.5. The summed E-state index contributed by atoms with van der Waals surface area (Å²) in [5.74, 6) is 0. The van der Waals surface area contributed by atoms with Crippen molar-refractivity contribution in [2.45, 2.75) is 6.54 Å². The molecule has 1 heterocycles. The van der Waals surface area contributed by atoms with Crippen molar-refractivity contribution in [3.8, 4) is 0 Å². The Balaban J connectivity index is 1.50. The lowest BCUT2D eigenvalue weighted by molar-refractivity contribution is -0.918. The van der Waals surface area contributed by atoms with E-state index >= 15 is 0 Å². The van der Waals surface area contributed by atoms with Crippen LogP contribution in [-0.2, 0) is 6.54 Å². The number of hydrazone groups is 1. The summed E-state index contributed by atoms with van der Waals surface area (Å²) in [5, 5.41) is 8.56. The third-order valence-corrected chi connectivity index (χ3v) is 5.12. The molecule has 1 fully saturated rings. The maximum absolute atomic E-state index is 6.02. The third-order valence-electron chi connectivity index (χ3n) is 4.13. The molecule has 126 valence electrons. The Morgan fingerprint density at radius 2 is 1.67 bits per heavy atom. The van der Waals surface area contributed by atoms with Crippen LogP contribution in [0, 0.1) is 0 Å². The molecular weight excluding hydrogens is 365 g/mol. The fourth-order valence-corrected chi connectivity index (χ4v) is 3.17. The molecule has 0 unspecified atom stereocenters. The maximum atomic E-state index is 6.02. The first kappa shape index (κ1) is 17.6. The summed E-state index contributed by atoms with van der Waals surface area (Å²) < 4.78 is 0. The molecule has 3 nitrogen and oxygen atoms in total. The molecule has 3 rings (SSSR count). The van der Waals surface area contributed by atoms with Crippen LogP contribution in [0.25, 0.3) is 0 Å². The normalized spacial score (nSPS) is 16.0. The van der Waals surface area contributed by atoms with Crippen molar-refractivity contribution in [3.05, 3.63) is 68.7 Å². The number of nitrogens with one attached hydrogen (secondary N) is 1. The molecule has 0 atom stereocenters. The standard InChI is InChI=1S/C18H18Cl3N3/c19-16-4-1-14(2-5-16)13-23-7-9-24(10-8-23)22-12-15-3-6-17(20)18(21)11-15/h1-6,11-12H,7-10,13H2/p+1/b22-12-. The number of piperazine rings is 1. The number of hydrogen-bond donors (Lipinski definition) is 1. The van der Waals surface area contributed by atoms with Gasteiger partial charge < -0.3 is 4.90 Å². The van der Waals surface area contributed by atoms with Gasteiger partial charge in [0, 0.05) is 10.6 Å². The minimum Gasteiger partial charge on any atom is -0.328 e. The number of quaternary nitrogens is 1. The Hall–Kier alpha value is -1.26. The van der Waals surface area contributed by atoms with Gasteiger partial charge in [-0.3, -0.25) is 5.01 Å². The molecule has 0 radical (unpaired) electrons. The van der Waals surface area contributed by atoms with E-state index in [1.54, 1.807) is 11.0 Å². The molecule has 1 N–H and O–H groups in total. The van der Waals surface area contributed by atoms with E-state index in [1.807, 2.05) is 30.5 Å². The predicted octanol–water partition coefficient (Wildman–Crippen LogP) is 3.38. The molecule has 2 aromatic rings. The van der Waals surface area contributed by atoms with Crippen molar-refractivity contribution in [2.24, 2.45) is 5.10 Å². The van der Waals surface area contributed by atoms with Gasteiger partial charge in [-0.05, 0) is 29.8 Å². The number of hydrogen-bond acceptors (Lipinski definition) is 2. The first-order valence-electron chi connectivity index (χ1n) is 7.92. The van der Waals surface area contributed by atoms with Gasteiger partial charge in [-0.15, -0.1) is 0 Å². The van der Waals surface area contributed by atoms with Gasteiger partial charge in [0.2, 0.25) is 0 Å². The minimum atomic E-state index is 0.554. The van der Waals surface area contributed by atoms with Gasteiger partial charge in [-0.25, -0.2) is 0 Å². The first-order chi connectivity index (χ1) is 11.6. The topological polar surface area (TPSA) is 20.0 Å². The van der Waals surface area contributed by atoms with Crippen LogP contribution in [0.15, 0.2) is 47.6 Å². The summed E-state index contributed by atoms with van der Waals surface area (Å²) in [6, 6.07) is 13.6. The summed E-state index contributed by atoms with van der Waals surface area (Å²) in [6.07, 6.45) is 1.84. The summed E-state index contributed by atoms with van der Waals surface area (Å²) in [6.45, 7) is 5.06. The largest absolute Gasteiger partial charge is 0.328 e. The number of nitrogens with zero attached hydrogens (tertiary/aromatic N) is 2. The molecule has 0 spiro atoms. The Kier molecular flexibility index (Phi) is 6.01. The lowest BCUT2D eigenvalue weighted by Gasteiger charge is -2.30.